The summed E-state index contributed by atoms with van der Waals surface area (Å²) in [7, 11) is 0. The number of pyridine rings is 1. The Hall–Kier alpha value is -1.72. The van der Waals surface area contributed by atoms with Gasteiger partial charge in [0, 0.05) is 6.07 Å². The van der Waals surface area contributed by atoms with Crippen LogP contribution < -0.4 is 5.56 Å². The lowest BCUT2D eigenvalue weighted by Crippen LogP contribution is -2.32. The van der Waals surface area contributed by atoms with Crippen molar-refractivity contribution in [2.45, 2.75) is 31.3 Å². The van der Waals surface area contributed by atoms with E-state index in [1.165, 1.54) is 6.92 Å². The molecule has 2 rings (SSSR count). The molecule has 1 fully saturated rings. The van der Waals surface area contributed by atoms with Gasteiger partial charge >= 0.3 is 0 Å². The predicted octanol–water partition coefficient (Wildman–Crippen LogP) is -0.961. The van der Waals surface area contributed by atoms with Gasteiger partial charge < -0.3 is 25.0 Å². The van der Waals surface area contributed by atoms with Crippen molar-refractivity contribution in [2.75, 3.05) is 6.61 Å². The number of hydrogen-bond donors (Lipinski definition) is 4. The predicted molar refractivity (Wildman–Crippen MR) is 66.3 cm³/mol. The van der Waals surface area contributed by atoms with Gasteiger partial charge in [-0.25, -0.2) is 4.39 Å². The van der Waals surface area contributed by atoms with E-state index in [1.807, 2.05) is 0 Å². The molecule has 0 aromatic carbocycles. The first-order chi connectivity index (χ1) is 9.49. The molecule has 4 atom stereocenters. The van der Waals surface area contributed by atoms with Gasteiger partial charge in [-0.2, -0.15) is 0 Å². The van der Waals surface area contributed by atoms with Crippen LogP contribution in [0.4, 0.5) is 4.39 Å². The summed E-state index contributed by atoms with van der Waals surface area (Å²) in [6.45, 7) is 0.985. The van der Waals surface area contributed by atoms with Crippen LogP contribution in [0.5, 0.6) is 0 Å². The summed E-state index contributed by atoms with van der Waals surface area (Å²) in [4.78, 5) is 13.6. The second kappa shape index (κ2) is 5.73. The van der Waals surface area contributed by atoms with Crippen LogP contribution in [-0.2, 0) is 4.74 Å². The largest absolute Gasteiger partial charge is 0.394 e. The summed E-state index contributed by atoms with van der Waals surface area (Å²) in [5.41, 5.74) is -0.829. The third kappa shape index (κ3) is 2.46. The molecule has 4 N–H and O–H groups in total. The lowest BCUT2D eigenvalue weighted by atomic mass is 9.99. The minimum Gasteiger partial charge on any atom is -0.394 e. The Kier molecular flexibility index (Phi) is 4.20. The zero-order valence-corrected chi connectivity index (χ0v) is 10.6. The standard InChI is InChI=1S/C13H14FNO5/c1-2-3-7-10(6(14)4-9(17)15-7)13-12(19)11(18)8(5-16)20-13/h4,8,11-13,16,18-19H,5H2,1H3,(H,15,17)/t8-,11?,12+,13+/m1/s1. The van der Waals surface area contributed by atoms with Crippen LogP contribution in [0.3, 0.4) is 0 Å². The number of aromatic nitrogens is 1. The molecular weight excluding hydrogens is 269 g/mol. The Morgan fingerprint density at radius 3 is 2.70 bits per heavy atom. The Morgan fingerprint density at radius 1 is 1.45 bits per heavy atom. The Bertz CT molecular complexity index is 617. The molecule has 1 saturated heterocycles. The van der Waals surface area contributed by atoms with Crippen LogP contribution in [0.15, 0.2) is 10.9 Å². The van der Waals surface area contributed by atoms with Crippen molar-refractivity contribution in [1.29, 1.82) is 0 Å². The molecule has 1 aliphatic heterocycles. The fourth-order valence-corrected chi connectivity index (χ4v) is 2.18. The zero-order valence-electron chi connectivity index (χ0n) is 10.6. The molecule has 108 valence electrons. The zero-order chi connectivity index (χ0) is 14.9. The number of nitrogens with one attached hydrogen (secondary N) is 1. The molecule has 0 spiro atoms. The molecule has 0 aliphatic carbocycles. The Balaban J connectivity index is 2.52. The lowest BCUT2D eigenvalue weighted by Gasteiger charge is -2.17. The molecule has 0 radical (unpaired) electrons. The number of aliphatic hydroxyl groups excluding tert-OH is 3. The molecule has 7 heteroatoms. The first kappa shape index (κ1) is 14.7. The van der Waals surface area contributed by atoms with E-state index in [9.17, 15) is 19.4 Å². The van der Waals surface area contributed by atoms with Crippen molar-refractivity contribution in [3.8, 4) is 11.8 Å². The molecule has 6 nitrogen and oxygen atoms in total. The fourth-order valence-electron chi connectivity index (χ4n) is 2.18. The maximum Gasteiger partial charge on any atom is 0.251 e. The molecule has 0 amide bonds. The molecule has 1 aromatic heterocycles. The summed E-state index contributed by atoms with van der Waals surface area (Å²) in [6, 6.07) is 0.713. The molecule has 1 aromatic rings. The van der Waals surface area contributed by atoms with E-state index in [1.54, 1.807) is 0 Å². The first-order valence-corrected chi connectivity index (χ1v) is 5.97. The highest BCUT2D eigenvalue weighted by atomic mass is 19.1. The van der Waals surface area contributed by atoms with Crippen LogP contribution in [0, 0.1) is 17.7 Å². The second-order valence-corrected chi connectivity index (χ2v) is 4.40. The second-order valence-electron chi connectivity index (χ2n) is 4.40. The van der Waals surface area contributed by atoms with Crippen molar-refractivity contribution in [3.63, 3.8) is 0 Å². The normalized spacial score (nSPS) is 29.1. The van der Waals surface area contributed by atoms with Crippen LogP contribution >= 0.6 is 0 Å². The molecule has 2 heterocycles. The molecule has 1 unspecified atom stereocenters. The monoisotopic (exact) mass is 283 g/mol. The van der Waals surface area contributed by atoms with Gasteiger partial charge in [-0.05, 0) is 12.8 Å². The Morgan fingerprint density at radius 2 is 2.15 bits per heavy atom. The first-order valence-electron chi connectivity index (χ1n) is 5.97. The molecule has 1 aliphatic rings. The average Bonchev–Trinajstić information content (AvgIpc) is 2.66. The number of hydrogen-bond acceptors (Lipinski definition) is 5. The van der Waals surface area contributed by atoms with E-state index in [0.29, 0.717) is 6.07 Å². The van der Waals surface area contributed by atoms with Gasteiger partial charge in [0.15, 0.2) is 0 Å². The van der Waals surface area contributed by atoms with Crippen molar-refractivity contribution in [3.05, 3.63) is 33.5 Å². The molecular formula is C13H14FNO5. The van der Waals surface area contributed by atoms with Crippen molar-refractivity contribution in [2.24, 2.45) is 0 Å². The van der Waals surface area contributed by atoms with Crippen LogP contribution in [-0.4, -0.2) is 45.2 Å². The van der Waals surface area contributed by atoms with E-state index in [4.69, 9.17) is 9.84 Å². The van der Waals surface area contributed by atoms with E-state index >= 15 is 0 Å². The highest BCUT2D eigenvalue weighted by Gasteiger charge is 2.45. The number of aliphatic hydroxyl groups is 3. The topological polar surface area (TPSA) is 103 Å². The SMILES string of the molecule is CC#Cc1[nH]c(=O)cc(F)c1[C@@H]1O[C@H](CO)C(O)[C@@H]1O. The van der Waals surface area contributed by atoms with Crippen LogP contribution in [0.2, 0.25) is 0 Å². The number of ether oxygens (including phenoxy) is 1. The number of rotatable bonds is 2. The lowest BCUT2D eigenvalue weighted by molar-refractivity contribution is -0.0238. The number of halogens is 1. The summed E-state index contributed by atoms with van der Waals surface area (Å²) in [6.07, 6.45) is -5.01. The third-order valence-electron chi connectivity index (χ3n) is 3.11. The molecule has 20 heavy (non-hydrogen) atoms. The van der Waals surface area contributed by atoms with Crippen molar-refractivity contribution < 1.29 is 24.4 Å². The minimum atomic E-state index is -1.43. The van der Waals surface area contributed by atoms with Gasteiger partial charge in [0.2, 0.25) is 0 Å². The molecule has 0 bridgehead atoms. The van der Waals surface area contributed by atoms with Gasteiger partial charge in [-0.1, -0.05) is 5.92 Å². The van der Waals surface area contributed by atoms with E-state index in [0.717, 1.165) is 0 Å². The average molecular weight is 283 g/mol. The van der Waals surface area contributed by atoms with Crippen molar-refractivity contribution >= 4 is 0 Å². The summed E-state index contributed by atoms with van der Waals surface area (Å²) >= 11 is 0. The highest BCUT2D eigenvalue weighted by molar-refractivity contribution is 5.38. The number of H-pyrrole nitrogens is 1. The van der Waals surface area contributed by atoms with Crippen LogP contribution in [0.1, 0.15) is 24.3 Å². The van der Waals surface area contributed by atoms with Gasteiger partial charge in [0.25, 0.3) is 5.56 Å². The minimum absolute atomic E-state index is 0.0210. The van der Waals surface area contributed by atoms with E-state index < -0.39 is 42.4 Å². The molecule has 0 saturated carbocycles. The summed E-state index contributed by atoms with van der Waals surface area (Å²) in [5.74, 6) is 4.15. The maximum absolute atomic E-state index is 14.0. The van der Waals surface area contributed by atoms with Gasteiger partial charge in [0.05, 0.1) is 12.2 Å². The van der Waals surface area contributed by atoms with Gasteiger partial charge in [-0.15, -0.1) is 0 Å². The summed E-state index contributed by atoms with van der Waals surface area (Å²) < 4.78 is 19.2. The van der Waals surface area contributed by atoms with E-state index in [-0.39, 0.29) is 11.3 Å². The quantitative estimate of drug-likeness (QED) is 0.524. The third-order valence-corrected chi connectivity index (χ3v) is 3.11. The summed E-state index contributed by atoms with van der Waals surface area (Å²) in [5, 5.41) is 28.6. The highest BCUT2D eigenvalue weighted by Crippen LogP contribution is 2.35. The fraction of sp³-hybridized carbons (Fsp3) is 0.462. The van der Waals surface area contributed by atoms with Gasteiger partial charge in [-0.3, -0.25) is 4.79 Å². The van der Waals surface area contributed by atoms with E-state index in [2.05, 4.69) is 16.8 Å². The van der Waals surface area contributed by atoms with Gasteiger partial charge in [0.1, 0.15) is 35.9 Å². The Labute approximate surface area is 113 Å². The smallest absolute Gasteiger partial charge is 0.251 e. The number of aromatic amines is 1. The van der Waals surface area contributed by atoms with Crippen molar-refractivity contribution in [1.82, 2.24) is 4.98 Å². The maximum atomic E-state index is 14.0. The van der Waals surface area contributed by atoms with Crippen LogP contribution in [0.25, 0.3) is 0 Å².